The van der Waals surface area contributed by atoms with Crippen LogP contribution in [-0.4, -0.2) is 27.9 Å². The number of benzene rings is 1. The van der Waals surface area contributed by atoms with E-state index < -0.39 is 10.1 Å². The SMILES string of the molecule is Cc1nc(Cl)nc(Nc2ccc(S(=O)(=O)O)cc2)n1. The van der Waals surface area contributed by atoms with Gasteiger partial charge in [0, 0.05) is 5.69 Å². The molecule has 19 heavy (non-hydrogen) atoms. The van der Waals surface area contributed by atoms with Crippen LogP contribution < -0.4 is 5.32 Å². The molecule has 1 aromatic heterocycles. The van der Waals surface area contributed by atoms with Crippen LogP contribution in [0.4, 0.5) is 11.6 Å². The van der Waals surface area contributed by atoms with Crippen LogP contribution in [0, 0.1) is 6.92 Å². The molecule has 0 saturated carbocycles. The smallest absolute Gasteiger partial charge is 0.294 e. The fourth-order valence-corrected chi connectivity index (χ4v) is 2.03. The monoisotopic (exact) mass is 300 g/mol. The second-order valence-electron chi connectivity index (χ2n) is 3.60. The number of nitrogens with one attached hydrogen (secondary N) is 1. The van der Waals surface area contributed by atoms with Crippen LogP contribution in [0.5, 0.6) is 0 Å². The molecular weight excluding hydrogens is 292 g/mol. The summed E-state index contributed by atoms with van der Waals surface area (Å²) in [5.41, 5.74) is 0.550. The lowest BCUT2D eigenvalue weighted by Crippen LogP contribution is -2.02. The summed E-state index contributed by atoms with van der Waals surface area (Å²) >= 11 is 5.69. The summed E-state index contributed by atoms with van der Waals surface area (Å²) in [6.07, 6.45) is 0. The Morgan fingerprint density at radius 2 is 1.79 bits per heavy atom. The molecule has 9 heteroatoms. The summed E-state index contributed by atoms with van der Waals surface area (Å²) in [4.78, 5) is 11.5. The van der Waals surface area contributed by atoms with E-state index in [-0.39, 0.29) is 16.1 Å². The lowest BCUT2D eigenvalue weighted by atomic mass is 10.3. The molecule has 0 aliphatic rings. The van der Waals surface area contributed by atoms with Crippen LogP contribution in [0.3, 0.4) is 0 Å². The minimum atomic E-state index is -4.20. The quantitative estimate of drug-likeness (QED) is 0.833. The average Bonchev–Trinajstić information content (AvgIpc) is 2.26. The Hall–Kier alpha value is -1.77. The van der Waals surface area contributed by atoms with Gasteiger partial charge in [-0.15, -0.1) is 0 Å². The molecule has 0 amide bonds. The zero-order chi connectivity index (χ0) is 14.0. The molecule has 2 rings (SSSR count). The van der Waals surface area contributed by atoms with Gasteiger partial charge in [-0.1, -0.05) is 0 Å². The van der Waals surface area contributed by atoms with Crippen molar-refractivity contribution in [2.75, 3.05) is 5.32 Å². The van der Waals surface area contributed by atoms with Crippen molar-refractivity contribution < 1.29 is 13.0 Å². The summed E-state index contributed by atoms with van der Waals surface area (Å²) in [5.74, 6) is 0.703. The van der Waals surface area contributed by atoms with Crippen molar-refractivity contribution in [3.63, 3.8) is 0 Å². The van der Waals surface area contributed by atoms with Crippen LogP contribution >= 0.6 is 11.6 Å². The number of hydrogen-bond acceptors (Lipinski definition) is 6. The molecule has 0 aliphatic carbocycles. The fourth-order valence-electron chi connectivity index (χ4n) is 1.34. The van der Waals surface area contributed by atoms with Crippen molar-refractivity contribution >= 4 is 33.4 Å². The summed E-state index contributed by atoms with van der Waals surface area (Å²) in [5, 5.41) is 2.90. The Morgan fingerprint density at radius 3 is 2.32 bits per heavy atom. The van der Waals surface area contributed by atoms with Crippen molar-refractivity contribution in [2.24, 2.45) is 0 Å². The van der Waals surface area contributed by atoms with Crippen LogP contribution in [0.1, 0.15) is 5.82 Å². The van der Waals surface area contributed by atoms with Gasteiger partial charge in [-0.25, -0.2) is 4.98 Å². The van der Waals surface area contributed by atoms with Gasteiger partial charge >= 0.3 is 0 Å². The third kappa shape index (κ3) is 3.60. The largest absolute Gasteiger partial charge is 0.324 e. The highest BCUT2D eigenvalue weighted by Gasteiger charge is 2.09. The molecule has 1 heterocycles. The topological polar surface area (TPSA) is 105 Å². The van der Waals surface area contributed by atoms with Gasteiger partial charge in [0.25, 0.3) is 10.1 Å². The second kappa shape index (κ2) is 5.08. The molecule has 0 radical (unpaired) electrons. The maximum atomic E-state index is 10.9. The Bertz CT molecular complexity index is 683. The third-order valence-electron chi connectivity index (χ3n) is 2.13. The van der Waals surface area contributed by atoms with E-state index in [0.717, 1.165) is 0 Å². The van der Waals surface area contributed by atoms with Crippen molar-refractivity contribution in [2.45, 2.75) is 11.8 Å². The van der Waals surface area contributed by atoms with E-state index in [1.807, 2.05) is 0 Å². The lowest BCUT2D eigenvalue weighted by molar-refractivity contribution is 0.483. The van der Waals surface area contributed by atoms with E-state index in [2.05, 4.69) is 20.3 Å². The number of halogens is 1. The van der Waals surface area contributed by atoms with Crippen LogP contribution in [0.2, 0.25) is 5.28 Å². The summed E-state index contributed by atoms with van der Waals surface area (Å²) in [6.45, 7) is 1.67. The van der Waals surface area contributed by atoms with E-state index in [1.165, 1.54) is 24.3 Å². The number of rotatable bonds is 3. The van der Waals surface area contributed by atoms with Gasteiger partial charge in [0.2, 0.25) is 11.2 Å². The van der Waals surface area contributed by atoms with E-state index in [9.17, 15) is 8.42 Å². The second-order valence-corrected chi connectivity index (χ2v) is 5.36. The normalized spacial score (nSPS) is 11.3. The average molecular weight is 301 g/mol. The minimum absolute atomic E-state index is 0.0598. The van der Waals surface area contributed by atoms with Gasteiger partial charge in [-0.05, 0) is 42.8 Å². The highest BCUT2D eigenvalue weighted by atomic mass is 35.5. The van der Waals surface area contributed by atoms with Gasteiger partial charge in [-0.3, -0.25) is 4.55 Å². The van der Waals surface area contributed by atoms with Crippen LogP contribution in [-0.2, 0) is 10.1 Å². The summed E-state index contributed by atoms with van der Waals surface area (Å²) in [7, 11) is -4.20. The molecule has 100 valence electrons. The molecule has 0 bridgehead atoms. The molecule has 0 aliphatic heterocycles. The Morgan fingerprint density at radius 1 is 1.16 bits per heavy atom. The molecule has 0 fully saturated rings. The van der Waals surface area contributed by atoms with Gasteiger partial charge in [-0.2, -0.15) is 18.4 Å². The maximum absolute atomic E-state index is 10.9. The third-order valence-corrected chi connectivity index (χ3v) is 3.17. The fraction of sp³-hybridized carbons (Fsp3) is 0.100. The number of aromatic nitrogens is 3. The standard InChI is InChI=1S/C10H9ClN4O3S/c1-6-12-9(11)15-10(13-6)14-7-2-4-8(5-3-7)19(16,17)18/h2-5H,1H3,(H,16,17,18)(H,12,13,14,15). The first-order valence-corrected chi connectivity index (χ1v) is 6.89. The first kappa shape index (κ1) is 13.7. The molecule has 1 aromatic carbocycles. The molecule has 7 nitrogen and oxygen atoms in total. The summed E-state index contributed by atoms with van der Waals surface area (Å²) in [6, 6.07) is 5.45. The predicted molar refractivity (Wildman–Crippen MR) is 69.1 cm³/mol. The van der Waals surface area contributed by atoms with E-state index >= 15 is 0 Å². The molecule has 2 aromatic rings. The van der Waals surface area contributed by atoms with Gasteiger partial charge in [0.05, 0.1) is 4.90 Å². The predicted octanol–water partition coefficient (Wildman–Crippen LogP) is 1.82. The Labute approximate surface area is 114 Å². The maximum Gasteiger partial charge on any atom is 0.294 e. The highest BCUT2D eigenvalue weighted by molar-refractivity contribution is 7.85. The Balaban J connectivity index is 2.24. The van der Waals surface area contributed by atoms with Crippen LogP contribution in [0.25, 0.3) is 0 Å². The summed E-state index contributed by atoms with van der Waals surface area (Å²) < 4.78 is 30.6. The lowest BCUT2D eigenvalue weighted by Gasteiger charge is -2.05. The number of anilines is 2. The highest BCUT2D eigenvalue weighted by Crippen LogP contribution is 2.17. The van der Waals surface area contributed by atoms with Crippen molar-refractivity contribution in [1.82, 2.24) is 15.0 Å². The van der Waals surface area contributed by atoms with Gasteiger partial charge in [0.15, 0.2) is 0 Å². The van der Waals surface area contributed by atoms with Gasteiger partial charge in [0.1, 0.15) is 5.82 Å². The Kier molecular flexibility index (Phi) is 3.65. The van der Waals surface area contributed by atoms with E-state index in [1.54, 1.807) is 6.92 Å². The molecule has 0 saturated heterocycles. The number of hydrogen-bond donors (Lipinski definition) is 2. The van der Waals surface area contributed by atoms with Gasteiger partial charge < -0.3 is 5.32 Å². The molecule has 0 spiro atoms. The first-order valence-electron chi connectivity index (χ1n) is 5.07. The first-order chi connectivity index (χ1) is 8.84. The molecule has 0 atom stereocenters. The van der Waals surface area contributed by atoms with E-state index in [0.29, 0.717) is 11.5 Å². The molecule has 2 N–H and O–H groups in total. The minimum Gasteiger partial charge on any atom is -0.324 e. The van der Waals surface area contributed by atoms with Crippen LogP contribution in [0.15, 0.2) is 29.2 Å². The van der Waals surface area contributed by atoms with Crippen molar-refractivity contribution in [1.29, 1.82) is 0 Å². The van der Waals surface area contributed by atoms with E-state index in [4.69, 9.17) is 16.2 Å². The zero-order valence-corrected chi connectivity index (χ0v) is 11.3. The van der Waals surface area contributed by atoms with Crippen molar-refractivity contribution in [3.8, 4) is 0 Å². The molecule has 0 unspecified atom stereocenters. The van der Waals surface area contributed by atoms with Crippen molar-refractivity contribution in [3.05, 3.63) is 35.4 Å². The zero-order valence-electron chi connectivity index (χ0n) is 9.70. The number of nitrogens with zero attached hydrogens (tertiary/aromatic N) is 3. The number of aryl methyl sites for hydroxylation is 1. The molecular formula is C10H9ClN4O3S.